The number of methoxy groups -OCH3 is 1. The lowest BCUT2D eigenvalue weighted by molar-refractivity contribution is 0.374. The molecule has 0 aliphatic heterocycles. The average molecular weight is 216 g/mol. The van der Waals surface area contributed by atoms with Crippen LogP contribution in [0.2, 0.25) is 5.02 Å². The van der Waals surface area contributed by atoms with Gasteiger partial charge in [0.25, 0.3) is 0 Å². The van der Waals surface area contributed by atoms with Crippen LogP contribution in [0.15, 0.2) is 12.1 Å². The van der Waals surface area contributed by atoms with Gasteiger partial charge in [-0.05, 0) is 26.0 Å². The van der Waals surface area contributed by atoms with Crippen molar-refractivity contribution < 1.29 is 9.84 Å². The molecule has 0 heterocycles. The molecule has 78 valence electrons. The van der Waals surface area contributed by atoms with Crippen molar-refractivity contribution in [1.82, 2.24) is 0 Å². The minimum Gasteiger partial charge on any atom is -0.503 e. The van der Waals surface area contributed by atoms with E-state index in [1.165, 1.54) is 7.11 Å². The number of halogens is 1. The van der Waals surface area contributed by atoms with E-state index in [1.54, 1.807) is 12.1 Å². The fourth-order valence-corrected chi connectivity index (χ4v) is 1.34. The minimum atomic E-state index is -0.0279. The summed E-state index contributed by atoms with van der Waals surface area (Å²) in [6, 6.07) is 3.72. The molecule has 1 aromatic carbocycles. The second-order valence-corrected chi connectivity index (χ2v) is 3.65. The molecule has 0 unspecified atom stereocenters. The first-order valence-electron chi connectivity index (χ1n) is 4.38. The van der Waals surface area contributed by atoms with E-state index in [1.807, 2.05) is 13.8 Å². The molecule has 0 spiro atoms. The molecular weight excluding hydrogens is 202 g/mol. The van der Waals surface area contributed by atoms with Gasteiger partial charge in [0.15, 0.2) is 11.5 Å². The number of ether oxygens (including phenoxy) is 1. The van der Waals surface area contributed by atoms with Crippen molar-refractivity contribution in [3.05, 3.63) is 17.2 Å². The van der Waals surface area contributed by atoms with E-state index >= 15 is 0 Å². The van der Waals surface area contributed by atoms with Crippen molar-refractivity contribution in [1.29, 1.82) is 0 Å². The van der Waals surface area contributed by atoms with E-state index in [0.29, 0.717) is 11.4 Å². The Bertz CT molecular complexity index is 326. The van der Waals surface area contributed by atoms with Crippen molar-refractivity contribution in [2.45, 2.75) is 19.9 Å². The predicted octanol–water partition coefficient (Wildman–Crippen LogP) is 2.87. The van der Waals surface area contributed by atoms with Gasteiger partial charge in [-0.25, -0.2) is 0 Å². The fraction of sp³-hybridized carbons (Fsp3) is 0.400. The maximum absolute atomic E-state index is 9.59. The van der Waals surface area contributed by atoms with Gasteiger partial charge >= 0.3 is 0 Å². The molecule has 1 aromatic rings. The van der Waals surface area contributed by atoms with Crippen LogP contribution in [0, 0.1) is 0 Å². The second kappa shape index (κ2) is 4.42. The smallest absolute Gasteiger partial charge is 0.178 e. The highest BCUT2D eigenvalue weighted by molar-refractivity contribution is 6.34. The van der Waals surface area contributed by atoms with E-state index in [9.17, 15) is 5.11 Å². The maximum atomic E-state index is 9.59. The first kappa shape index (κ1) is 11.0. The van der Waals surface area contributed by atoms with Gasteiger partial charge in [0.2, 0.25) is 0 Å². The number of aromatic hydroxyl groups is 1. The number of rotatable bonds is 3. The zero-order valence-electron chi connectivity index (χ0n) is 8.47. The summed E-state index contributed by atoms with van der Waals surface area (Å²) in [7, 11) is 1.49. The highest BCUT2D eigenvalue weighted by Gasteiger charge is 2.11. The second-order valence-electron chi connectivity index (χ2n) is 3.28. The zero-order chi connectivity index (χ0) is 10.7. The van der Waals surface area contributed by atoms with Gasteiger partial charge in [-0.1, -0.05) is 11.6 Å². The highest BCUT2D eigenvalue weighted by Crippen LogP contribution is 2.39. The Hall–Kier alpha value is -1.09. The maximum Gasteiger partial charge on any atom is 0.178 e. The zero-order valence-corrected chi connectivity index (χ0v) is 9.22. The third kappa shape index (κ3) is 2.23. The minimum absolute atomic E-state index is 0.0279. The van der Waals surface area contributed by atoms with Gasteiger partial charge in [-0.15, -0.1) is 0 Å². The van der Waals surface area contributed by atoms with Crippen molar-refractivity contribution in [3.8, 4) is 11.5 Å². The Morgan fingerprint density at radius 1 is 1.43 bits per heavy atom. The molecule has 0 bridgehead atoms. The Morgan fingerprint density at radius 3 is 2.57 bits per heavy atom. The molecule has 2 N–H and O–H groups in total. The molecule has 0 aromatic heterocycles. The van der Waals surface area contributed by atoms with Crippen LogP contribution < -0.4 is 10.1 Å². The van der Waals surface area contributed by atoms with Gasteiger partial charge in [0, 0.05) is 6.04 Å². The van der Waals surface area contributed by atoms with Gasteiger partial charge in [0.05, 0.1) is 12.8 Å². The van der Waals surface area contributed by atoms with E-state index in [2.05, 4.69) is 5.32 Å². The Balaban J connectivity index is 3.04. The lowest BCUT2D eigenvalue weighted by atomic mass is 10.2. The quantitative estimate of drug-likeness (QED) is 0.815. The monoisotopic (exact) mass is 215 g/mol. The summed E-state index contributed by atoms with van der Waals surface area (Å²) >= 11 is 5.93. The van der Waals surface area contributed by atoms with Gasteiger partial charge in [-0.2, -0.15) is 0 Å². The van der Waals surface area contributed by atoms with E-state index in [0.717, 1.165) is 0 Å². The Morgan fingerprint density at radius 2 is 2.07 bits per heavy atom. The van der Waals surface area contributed by atoms with Crippen molar-refractivity contribution in [2.24, 2.45) is 0 Å². The normalized spacial score (nSPS) is 10.4. The lowest BCUT2D eigenvalue weighted by Gasteiger charge is -2.13. The summed E-state index contributed by atoms with van der Waals surface area (Å²) in [6.45, 7) is 4.00. The van der Waals surface area contributed by atoms with Gasteiger partial charge in [0.1, 0.15) is 5.02 Å². The van der Waals surface area contributed by atoms with Crippen LogP contribution in [0.5, 0.6) is 11.5 Å². The fourth-order valence-electron chi connectivity index (χ4n) is 1.13. The van der Waals surface area contributed by atoms with Crippen LogP contribution in [0.4, 0.5) is 5.69 Å². The average Bonchev–Trinajstić information content (AvgIpc) is 2.13. The molecule has 0 aliphatic carbocycles. The SMILES string of the molecule is COc1ccc(NC(C)C)c(Cl)c1O. The van der Waals surface area contributed by atoms with Crippen molar-refractivity contribution in [2.75, 3.05) is 12.4 Å². The number of nitrogens with one attached hydrogen (secondary N) is 1. The third-order valence-corrected chi connectivity index (χ3v) is 2.13. The van der Waals surface area contributed by atoms with E-state index in [-0.39, 0.29) is 16.8 Å². The topological polar surface area (TPSA) is 41.5 Å². The molecule has 0 aliphatic rings. The molecular formula is C10H14ClNO2. The molecule has 3 nitrogen and oxygen atoms in total. The lowest BCUT2D eigenvalue weighted by Crippen LogP contribution is -2.09. The highest BCUT2D eigenvalue weighted by atomic mass is 35.5. The van der Waals surface area contributed by atoms with Gasteiger partial charge < -0.3 is 15.2 Å². The largest absolute Gasteiger partial charge is 0.503 e. The predicted molar refractivity (Wildman–Crippen MR) is 58.4 cm³/mol. The molecule has 0 saturated heterocycles. The van der Waals surface area contributed by atoms with Crippen molar-refractivity contribution >= 4 is 17.3 Å². The first-order valence-corrected chi connectivity index (χ1v) is 4.76. The number of hydrogen-bond donors (Lipinski definition) is 2. The Kier molecular flexibility index (Phi) is 3.47. The summed E-state index contributed by atoms with van der Waals surface area (Å²) in [6.07, 6.45) is 0. The molecule has 0 atom stereocenters. The van der Waals surface area contributed by atoms with Crippen LogP contribution in [0.1, 0.15) is 13.8 Å². The summed E-state index contributed by atoms with van der Waals surface area (Å²) in [5.74, 6) is 0.351. The molecule has 4 heteroatoms. The third-order valence-electron chi connectivity index (χ3n) is 1.74. The molecule has 14 heavy (non-hydrogen) atoms. The van der Waals surface area contributed by atoms with Crippen LogP contribution in [-0.4, -0.2) is 18.3 Å². The molecule has 0 radical (unpaired) electrons. The summed E-state index contributed by atoms with van der Waals surface area (Å²) in [4.78, 5) is 0. The molecule has 1 rings (SSSR count). The van der Waals surface area contributed by atoms with Crippen LogP contribution in [0.25, 0.3) is 0 Å². The van der Waals surface area contributed by atoms with Crippen molar-refractivity contribution in [3.63, 3.8) is 0 Å². The standard InChI is InChI=1S/C10H14ClNO2/c1-6(2)12-7-4-5-8(14-3)10(13)9(7)11/h4-6,12-13H,1-3H3. The Labute approximate surface area is 88.7 Å². The number of anilines is 1. The van der Waals surface area contributed by atoms with Crippen LogP contribution in [0.3, 0.4) is 0 Å². The first-order chi connectivity index (χ1) is 6.56. The summed E-state index contributed by atoms with van der Waals surface area (Å²) in [5, 5.41) is 13.0. The van der Waals surface area contributed by atoms with Crippen LogP contribution in [-0.2, 0) is 0 Å². The number of benzene rings is 1. The van der Waals surface area contributed by atoms with Gasteiger partial charge in [-0.3, -0.25) is 0 Å². The number of phenols is 1. The number of phenolic OH excluding ortho intramolecular Hbond substituents is 1. The van der Waals surface area contributed by atoms with E-state index < -0.39 is 0 Å². The molecule has 0 fully saturated rings. The van der Waals surface area contributed by atoms with Crippen LogP contribution >= 0.6 is 11.6 Å². The van der Waals surface area contributed by atoms with E-state index in [4.69, 9.17) is 16.3 Å². The number of hydrogen-bond acceptors (Lipinski definition) is 3. The molecule has 0 amide bonds. The molecule has 0 saturated carbocycles. The summed E-state index contributed by atoms with van der Waals surface area (Å²) in [5.41, 5.74) is 0.708. The summed E-state index contributed by atoms with van der Waals surface area (Å²) < 4.78 is 4.92.